The molecule has 0 aromatic carbocycles. The van der Waals surface area contributed by atoms with E-state index in [0.29, 0.717) is 18.3 Å². The summed E-state index contributed by atoms with van der Waals surface area (Å²) in [6.45, 7) is 7.11. The van der Waals surface area contributed by atoms with Crippen molar-refractivity contribution in [1.29, 1.82) is 0 Å². The second-order valence-corrected chi connectivity index (χ2v) is 17.7. The zero-order valence-electron chi connectivity index (χ0n) is 22.9. The van der Waals surface area contributed by atoms with Crippen LogP contribution in [-0.4, -0.2) is 73.8 Å². The number of pyridine rings is 2. The fraction of sp³-hybridized carbons (Fsp3) is 0.500. The Balaban J connectivity index is 1.49. The minimum atomic E-state index is -3.60. The highest BCUT2D eigenvalue weighted by Gasteiger charge is 2.46. The van der Waals surface area contributed by atoms with Crippen LogP contribution in [0.4, 0.5) is 0 Å². The van der Waals surface area contributed by atoms with Crippen LogP contribution in [0.15, 0.2) is 29.6 Å². The summed E-state index contributed by atoms with van der Waals surface area (Å²) in [5.41, 5.74) is 2.68. The Labute approximate surface area is 228 Å². The van der Waals surface area contributed by atoms with Crippen LogP contribution < -0.4 is 10.1 Å². The Bertz CT molecular complexity index is 1530. The Morgan fingerprint density at radius 1 is 1.21 bits per heavy atom. The van der Waals surface area contributed by atoms with Gasteiger partial charge in [0, 0.05) is 41.6 Å². The second-order valence-electron chi connectivity index (χ2n) is 11.0. The lowest BCUT2D eigenvalue weighted by Crippen LogP contribution is -2.46. The first-order valence-corrected chi connectivity index (χ1v) is 18.0. The zero-order chi connectivity index (χ0) is 28.0. The number of ether oxygens (including phenoxy) is 3. The summed E-state index contributed by atoms with van der Waals surface area (Å²) in [4.78, 5) is 26.2. The predicted molar refractivity (Wildman–Crippen MR) is 146 cm³/mol. The molecule has 1 saturated carbocycles. The maximum absolute atomic E-state index is 12.3. The van der Waals surface area contributed by atoms with Gasteiger partial charge in [-0.2, -0.15) is 4.98 Å². The summed E-state index contributed by atoms with van der Waals surface area (Å²) >= 11 is 0. The molecule has 1 aliphatic carbocycles. The number of aromatic nitrogens is 5. The third-order valence-corrected chi connectivity index (χ3v) is 11.7. The molecule has 3 aromatic heterocycles. The van der Waals surface area contributed by atoms with Crippen LogP contribution in [-0.2, 0) is 30.8 Å². The molecule has 0 radical (unpaired) electrons. The van der Waals surface area contributed by atoms with Crippen molar-refractivity contribution in [2.45, 2.75) is 57.2 Å². The smallest absolute Gasteiger partial charge is 0.315 e. The van der Waals surface area contributed by atoms with Gasteiger partial charge < -0.3 is 14.2 Å². The first kappa shape index (κ1) is 27.4. The minimum absolute atomic E-state index is 0.0285. The molecule has 0 atom stereocenters. The molecule has 13 heteroatoms. The van der Waals surface area contributed by atoms with Gasteiger partial charge in [-0.15, -0.1) is 5.10 Å². The first-order valence-electron chi connectivity index (χ1n) is 12.9. The van der Waals surface area contributed by atoms with Crippen molar-refractivity contribution in [3.63, 3.8) is 0 Å². The lowest BCUT2D eigenvalue weighted by molar-refractivity contribution is -0.161. The molecule has 5 rings (SSSR count). The Morgan fingerprint density at radius 2 is 1.97 bits per heavy atom. The highest BCUT2D eigenvalue weighted by Crippen LogP contribution is 2.42. The monoisotopic (exact) mass is 571 g/mol. The molecule has 0 N–H and O–H groups in total. The lowest BCUT2D eigenvalue weighted by atomic mass is 9.69. The van der Waals surface area contributed by atoms with Crippen LogP contribution in [0.3, 0.4) is 0 Å². The average molecular weight is 572 g/mol. The molecule has 0 spiro atoms. The summed E-state index contributed by atoms with van der Waals surface area (Å²) < 4.78 is 42.7. The molecule has 0 unspecified atom stereocenters. The number of fused-ring (bicyclic) bond motifs is 4. The van der Waals surface area contributed by atoms with E-state index in [1.54, 1.807) is 6.20 Å². The van der Waals surface area contributed by atoms with Gasteiger partial charge in [0.25, 0.3) is 0 Å². The maximum Gasteiger partial charge on any atom is 0.315 e. The summed E-state index contributed by atoms with van der Waals surface area (Å²) in [6.07, 6.45) is 5.32. The van der Waals surface area contributed by atoms with E-state index in [4.69, 9.17) is 19.2 Å². The van der Waals surface area contributed by atoms with E-state index in [9.17, 15) is 13.2 Å². The molecule has 3 aromatic rings. The van der Waals surface area contributed by atoms with Gasteiger partial charge >= 0.3 is 5.97 Å². The maximum atomic E-state index is 12.3. The molecule has 11 nitrogen and oxygen atoms in total. The summed E-state index contributed by atoms with van der Waals surface area (Å²) in [5.74, 6) is 0.531. The van der Waals surface area contributed by atoms with Crippen LogP contribution in [0.2, 0.25) is 19.1 Å². The number of aryl methyl sites for hydroxylation is 1. The fourth-order valence-corrected chi connectivity index (χ4v) is 7.99. The van der Waals surface area contributed by atoms with Gasteiger partial charge in [0.2, 0.25) is 20.9 Å². The van der Waals surface area contributed by atoms with E-state index in [0.717, 1.165) is 59.3 Å². The van der Waals surface area contributed by atoms with Crippen molar-refractivity contribution in [2.24, 2.45) is 5.41 Å². The Kier molecular flexibility index (Phi) is 7.10. The topological polar surface area (TPSA) is 135 Å². The fourth-order valence-electron chi connectivity index (χ4n) is 5.02. The van der Waals surface area contributed by atoms with E-state index in [1.807, 2.05) is 25.1 Å². The van der Waals surface area contributed by atoms with Crippen LogP contribution in [0.1, 0.15) is 24.8 Å². The number of carbonyl (C=O) groups is 1. The standard InChI is InChI=1S/C26H33N5O6SSi/c1-17-13-21(37-15-26(9-6-10-26)24(32)35-2)27-14-19(17)20-8-7-18-22-29-25(38(3,33)34)31(30-22)16-36-11-12-39(4,5)23(18)28-20/h7-8,13-14H,6,9-12,15-16H2,1-5H3. The van der Waals surface area contributed by atoms with Gasteiger partial charge in [-0.25, -0.2) is 18.1 Å². The van der Waals surface area contributed by atoms with Gasteiger partial charge in [-0.3, -0.25) is 9.78 Å². The Hall–Kier alpha value is -3.16. The molecular formula is C26H33N5O6SSi. The number of rotatable bonds is 6. The first-order chi connectivity index (χ1) is 18.4. The molecule has 39 heavy (non-hydrogen) atoms. The molecule has 208 valence electrons. The van der Waals surface area contributed by atoms with E-state index in [-0.39, 0.29) is 24.5 Å². The second kappa shape index (κ2) is 10.1. The molecule has 0 saturated heterocycles. The van der Waals surface area contributed by atoms with E-state index in [1.165, 1.54) is 11.8 Å². The van der Waals surface area contributed by atoms with Crippen LogP contribution in [0.25, 0.3) is 22.6 Å². The number of nitrogens with zero attached hydrogens (tertiary/aromatic N) is 5. The number of hydrogen-bond acceptors (Lipinski definition) is 10. The number of carbonyl (C=O) groups excluding carboxylic acids is 1. The van der Waals surface area contributed by atoms with Crippen molar-refractivity contribution in [2.75, 3.05) is 26.6 Å². The third-order valence-electron chi connectivity index (χ3n) is 7.62. The molecule has 0 amide bonds. The number of methoxy groups -OCH3 is 1. The van der Waals surface area contributed by atoms with Crippen molar-refractivity contribution in [1.82, 2.24) is 24.7 Å². The van der Waals surface area contributed by atoms with Gasteiger partial charge in [-0.05, 0) is 43.5 Å². The third kappa shape index (κ3) is 5.22. The van der Waals surface area contributed by atoms with Crippen molar-refractivity contribution in [3.8, 4) is 28.5 Å². The van der Waals surface area contributed by atoms with Crippen molar-refractivity contribution < 1.29 is 27.4 Å². The largest absolute Gasteiger partial charge is 0.476 e. The molecular weight excluding hydrogens is 538 g/mol. The lowest BCUT2D eigenvalue weighted by Gasteiger charge is -2.38. The normalized spacial score (nSPS) is 18.0. The Morgan fingerprint density at radius 3 is 2.62 bits per heavy atom. The van der Waals surface area contributed by atoms with E-state index < -0.39 is 23.3 Å². The van der Waals surface area contributed by atoms with Crippen LogP contribution in [0, 0.1) is 12.3 Å². The van der Waals surface area contributed by atoms with Crippen molar-refractivity contribution in [3.05, 3.63) is 30.0 Å². The van der Waals surface area contributed by atoms with Crippen molar-refractivity contribution >= 4 is 29.2 Å². The molecule has 2 bridgehead atoms. The number of esters is 1. The van der Waals surface area contributed by atoms with Gasteiger partial charge in [0.1, 0.15) is 26.8 Å². The SMILES string of the molecule is COC(=O)C1(COc2cc(C)c(-c3ccc4c(n3)[Si](C)(C)CCOCn3nc-4nc3S(C)(=O)=O)cn2)CCC1. The summed E-state index contributed by atoms with van der Waals surface area (Å²) in [5, 5.41) is 5.23. The molecule has 1 aliphatic heterocycles. The summed E-state index contributed by atoms with van der Waals surface area (Å²) in [7, 11) is -4.33. The average Bonchev–Trinajstić information content (AvgIpc) is 3.29. The minimum Gasteiger partial charge on any atom is -0.476 e. The summed E-state index contributed by atoms with van der Waals surface area (Å²) in [6, 6.07) is 6.46. The molecule has 4 heterocycles. The van der Waals surface area contributed by atoms with Crippen LogP contribution >= 0.6 is 0 Å². The quantitative estimate of drug-likeness (QED) is 0.321. The van der Waals surface area contributed by atoms with Gasteiger partial charge in [0.15, 0.2) is 5.82 Å². The highest BCUT2D eigenvalue weighted by atomic mass is 32.2. The van der Waals surface area contributed by atoms with Gasteiger partial charge in [0.05, 0.1) is 12.8 Å². The molecule has 2 aliphatic rings. The zero-order valence-corrected chi connectivity index (χ0v) is 24.7. The number of sulfone groups is 1. The highest BCUT2D eigenvalue weighted by molar-refractivity contribution is 7.90. The predicted octanol–water partition coefficient (Wildman–Crippen LogP) is 2.74. The van der Waals surface area contributed by atoms with E-state index in [2.05, 4.69) is 28.2 Å². The van der Waals surface area contributed by atoms with Gasteiger partial charge in [-0.1, -0.05) is 19.5 Å². The number of hydrogen-bond donors (Lipinski definition) is 0. The van der Waals surface area contributed by atoms with E-state index >= 15 is 0 Å². The molecule has 1 fully saturated rings. The van der Waals surface area contributed by atoms with Crippen LogP contribution in [0.5, 0.6) is 5.88 Å².